The maximum atomic E-state index is 5.26. The van der Waals surface area contributed by atoms with Gasteiger partial charge in [-0.2, -0.15) is 0 Å². The second-order valence-electron chi connectivity index (χ2n) is 3.61. The van der Waals surface area contributed by atoms with Gasteiger partial charge in [-0.1, -0.05) is 13.2 Å². The number of methoxy groups -OCH3 is 1. The fourth-order valence-corrected chi connectivity index (χ4v) is 1.42. The highest BCUT2D eigenvalue weighted by atomic mass is 16.5. The molecule has 0 N–H and O–H groups in total. The fourth-order valence-electron chi connectivity index (χ4n) is 1.42. The van der Waals surface area contributed by atoms with Gasteiger partial charge in [-0.3, -0.25) is 0 Å². The lowest BCUT2D eigenvalue weighted by atomic mass is 10.3. The van der Waals surface area contributed by atoms with Crippen molar-refractivity contribution in [3.8, 4) is 0 Å². The summed E-state index contributed by atoms with van der Waals surface area (Å²) in [6.45, 7) is 11.4. The van der Waals surface area contributed by atoms with Crippen molar-refractivity contribution in [1.29, 1.82) is 0 Å². The van der Waals surface area contributed by atoms with Crippen LogP contribution in [0.1, 0.15) is 13.3 Å². The van der Waals surface area contributed by atoms with Crippen LogP contribution in [0.3, 0.4) is 0 Å². The highest BCUT2D eigenvalue weighted by Crippen LogP contribution is 2.16. The predicted molar refractivity (Wildman–Crippen MR) is 59.4 cm³/mol. The Morgan fingerprint density at radius 1 is 1.57 bits per heavy atom. The molecule has 1 heterocycles. The first kappa shape index (κ1) is 11.0. The van der Waals surface area contributed by atoms with E-state index < -0.39 is 0 Å². The van der Waals surface area contributed by atoms with E-state index >= 15 is 0 Å². The van der Waals surface area contributed by atoms with E-state index in [1.165, 1.54) is 0 Å². The maximum absolute atomic E-state index is 5.26. The number of hydrogen-bond donors (Lipinski definition) is 0. The Bertz CT molecular complexity index is 258. The first-order valence-corrected chi connectivity index (χ1v) is 4.79. The number of likely N-dealkylation sites (tertiary alicyclic amines) is 1. The van der Waals surface area contributed by atoms with Crippen LogP contribution in [0, 0.1) is 0 Å². The van der Waals surface area contributed by atoms with Crippen LogP contribution in [0.5, 0.6) is 0 Å². The second-order valence-corrected chi connectivity index (χ2v) is 3.61. The number of ether oxygens (including phenoxy) is 1. The second kappa shape index (κ2) is 4.96. The lowest BCUT2D eigenvalue weighted by Crippen LogP contribution is -2.21. The molecule has 0 aromatic carbocycles. The molecule has 0 aromatic rings. The van der Waals surface area contributed by atoms with Gasteiger partial charge < -0.3 is 9.64 Å². The van der Waals surface area contributed by atoms with Gasteiger partial charge in [0.25, 0.3) is 0 Å². The molecule has 1 atom stereocenters. The zero-order valence-corrected chi connectivity index (χ0v) is 8.99. The van der Waals surface area contributed by atoms with E-state index in [0.29, 0.717) is 6.10 Å². The average molecular weight is 194 g/mol. The van der Waals surface area contributed by atoms with Crippen molar-refractivity contribution in [2.24, 2.45) is 4.99 Å². The molecule has 1 unspecified atom stereocenters. The lowest BCUT2D eigenvalue weighted by Gasteiger charge is -2.16. The van der Waals surface area contributed by atoms with Gasteiger partial charge in [-0.05, 0) is 18.9 Å². The van der Waals surface area contributed by atoms with E-state index in [1.807, 2.05) is 6.92 Å². The molecule has 0 aromatic heterocycles. The Labute approximate surface area is 85.8 Å². The highest BCUT2D eigenvalue weighted by molar-refractivity contribution is 5.77. The Balaban J connectivity index is 2.43. The molecule has 78 valence electrons. The molecule has 0 spiro atoms. The Morgan fingerprint density at radius 2 is 2.29 bits per heavy atom. The zero-order valence-electron chi connectivity index (χ0n) is 8.99. The van der Waals surface area contributed by atoms with Crippen molar-refractivity contribution in [3.63, 3.8) is 0 Å². The monoisotopic (exact) mass is 194 g/mol. The smallest absolute Gasteiger partial charge is 0.121 e. The van der Waals surface area contributed by atoms with E-state index in [9.17, 15) is 0 Å². The third-order valence-electron chi connectivity index (χ3n) is 2.28. The summed E-state index contributed by atoms with van der Waals surface area (Å²) < 4.78 is 5.26. The summed E-state index contributed by atoms with van der Waals surface area (Å²) in [6, 6.07) is 0. The molecule has 1 rings (SSSR count). The highest BCUT2D eigenvalue weighted by Gasteiger charge is 2.22. The van der Waals surface area contributed by atoms with E-state index in [1.54, 1.807) is 13.3 Å². The van der Waals surface area contributed by atoms with Gasteiger partial charge in [-0.15, -0.1) is 0 Å². The molecular formula is C11H18N2O. The molecule has 3 heteroatoms. The first-order chi connectivity index (χ1) is 6.63. The molecule has 0 radical (unpaired) electrons. The summed E-state index contributed by atoms with van der Waals surface area (Å²) >= 11 is 0. The summed E-state index contributed by atoms with van der Waals surface area (Å²) in [5, 5.41) is 0. The number of nitrogens with zero attached hydrogens (tertiary/aromatic N) is 2. The third kappa shape index (κ3) is 3.00. The zero-order chi connectivity index (χ0) is 10.6. The lowest BCUT2D eigenvalue weighted by molar-refractivity contribution is 0.111. The molecule has 1 aliphatic rings. The van der Waals surface area contributed by atoms with Crippen LogP contribution in [0.2, 0.25) is 0 Å². The molecule has 1 saturated heterocycles. The molecule has 3 nitrogen and oxygen atoms in total. The summed E-state index contributed by atoms with van der Waals surface area (Å²) in [6.07, 6.45) is 3.12. The summed E-state index contributed by atoms with van der Waals surface area (Å²) in [7, 11) is 1.74. The molecule has 1 aliphatic heterocycles. The van der Waals surface area contributed by atoms with Gasteiger partial charge in [0, 0.05) is 26.4 Å². The van der Waals surface area contributed by atoms with E-state index in [2.05, 4.69) is 23.1 Å². The summed E-state index contributed by atoms with van der Waals surface area (Å²) in [5.74, 6) is 0.799. The fraction of sp³-hybridized carbons (Fsp3) is 0.545. The third-order valence-corrected chi connectivity index (χ3v) is 2.28. The topological polar surface area (TPSA) is 24.8 Å². The Morgan fingerprint density at radius 3 is 2.79 bits per heavy atom. The van der Waals surface area contributed by atoms with Gasteiger partial charge >= 0.3 is 0 Å². The van der Waals surface area contributed by atoms with Gasteiger partial charge in [0.15, 0.2) is 0 Å². The maximum Gasteiger partial charge on any atom is 0.121 e. The number of hydrogen-bond acceptors (Lipinski definition) is 3. The molecule has 1 fully saturated rings. The van der Waals surface area contributed by atoms with Crippen LogP contribution < -0.4 is 0 Å². The van der Waals surface area contributed by atoms with Gasteiger partial charge in [0.1, 0.15) is 5.82 Å². The first-order valence-electron chi connectivity index (χ1n) is 4.79. The SMILES string of the molecule is C=C(C)/C=N\C(=C)N1CCC(OC)C1. The van der Waals surface area contributed by atoms with Crippen molar-refractivity contribution in [1.82, 2.24) is 4.90 Å². The molecular weight excluding hydrogens is 176 g/mol. The summed E-state index contributed by atoms with van der Waals surface area (Å²) in [4.78, 5) is 6.36. The van der Waals surface area contributed by atoms with Gasteiger partial charge in [0.2, 0.25) is 0 Å². The van der Waals surface area contributed by atoms with Gasteiger partial charge in [0.05, 0.1) is 6.10 Å². The van der Waals surface area contributed by atoms with Crippen molar-refractivity contribution in [3.05, 3.63) is 24.6 Å². The molecule has 14 heavy (non-hydrogen) atoms. The van der Waals surface area contributed by atoms with Crippen LogP contribution in [0.4, 0.5) is 0 Å². The number of allylic oxidation sites excluding steroid dienone is 1. The molecule has 0 bridgehead atoms. The van der Waals surface area contributed by atoms with Gasteiger partial charge in [-0.25, -0.2) is 4.99 Å². The Kier molecular flexibility index (Phi) is 3.89. The minimum absolute atomic E-state index is 0.326. The molecule has 0 amide bonds. The van der Waals surface area contributed by atoms with Crippen LogP contribution in [-0.2, 0) is 4.74 Å². The standard InChI is InChI=1S/C11H18N2O/c1-9(2)7-12-10(3)13-6-5-11(8-13)14-4/h7,11H,1,3,5-6,8H2,2,4H3/b12-7-. The van der Waals surface area contributed by atoms with Crippen LogP contribution in [0.25, 0.3) is 0 Å². The summed E-state index contributed by atoms with van der Waals surface area (Å²) in [5.41, 5.74) is 0.939. The van der Waals surface area contributed by atoms with Crippen LogP contribution in [-0.4, -0.2) is 37.4 Å². The minimum atomic E-state index is 0.326. The normalized spacial score (nSPS) is 21.9. The molecule has 0 saturated carbocycles. The van der Waals surface area contributed by atoms with Crippen molar-refractivity contribution < 1.29 is 4.74 Å². The largest absolute Gasteiger partial charge is 0.380 e. The van der Waals surface area contributed by atoms with Crippen molar-refractivity contribution in [2.45, 2.75) is 19.4 Å². The van der Waals surface area contributed by atoms with Crippen molar-refractivity contribution in [2.75, 3.05) is 20.2 Å². The van der Waals surface area contributed by atoms with E-state index in [0.717, 1.165) is 30.9 Å². The predicted octanol–water partition coefficient (Wildman–Crippen LogP) is 1.83. The van der Waals surface area contributed by atoms with Crippen LogP contribution in [0.15, 0.2) is 29.5 Å². The number of rotatable bonds is 4. The van der Waals surface area contributed by atoms with Crippen LogP contribution >= 0.6 is 0 Å². The number of aliphatic imine (C=N–C) groups is 1. The quantitative estimate of drug-likeness (QED) is 0.638. The Hall–Kier alpha value is -1.09. The van der Waals surface area contributed by atoms with E-state index in [4.69, 9.17) is 4.74 Å². The average Bonchev–Trinajstić information content (AvgIpc) is 2.62. The minimum Gasteiger partial charge on any atom is -0.380 e. The van der Waals surface area contributed by atoms with Crippen molar-refractivity contribution >= 4 is 6.21 Å². The molecule has 0 aliphatic carbocycles. The van der Waals surface area contributed by atoms with E-state index in [-0.39, 0.29) is 0 Å².